The van der Waals surface area contributed by atoms with Crippen LogP contribution in [0.3, 0.4) is 0 Å². The highest BCUT2D eigenvalue weighted by molar-refractivity contribution is 5.91. The maximum absolute atomic E-state index is 12.1. The summed E-state index contributed by atoms with van der Waals surface area (Å²) >= 11 is 0. The average molecular weight is 322 g/mol. The number of benzene rings is 1. The van der Waals surface area contributed by atoms with E-state index in [4.69, 9.17) is 4.98 Å². The lowest BCUT2D eigenvalue weighted by Gasteiger charge is -2.11. The molecule has 2 aromatic heterocycles. The lowest BCUT2D eigenvalue weighted by Crippen LogP contribution is -2.18. The van der Waals surface area contributed by atoms with Gasteiger partial charge in [-0.3, -0.25) is 4.79 Å². The molecule has 1 aromatic carbocycles. The maximum atomic E-state index is 12.1. The van der Waals surface area contributed by atoms with Crippen molar-refractivity contribution in [3.63, 3.8) is 0 Å². The third kappa shape index (κ3) is 3.05. The number of aryl methyl sites for hydroxylation is 2. The molecule has 1 N–H and O–H groups in total. The minimum absolute atomic E-state index is 0.137. The van der Waals surface area contributed by atoms with Crippen molar-refractivity contribution in [1.29, 1.82) is 0 Å². The van der Waals surface area contributed by atoms with E-state index in [1.54, 1.807) is 0 Å². The van der Waals surface area contributed by atoms with Gasteiger partial charge < -0.3 is 9.88 Å². The summed E-state index contributed by atoms with van der Waals surface area (Å²) < 4.78 is 3.72. The molecule has 0 unspecified atom stereocenters. The van der Waals surface area contributed by atoms with Crippen LogP contribution in [0.25, 0.3) is 11.3 Å². The van der Waals surface area contributed by atoms with E-state index in [1.807, 2.05) is 24.3 Å². The quantitative estimate of drug-likeness (QED) is 0.798. The summed E-state index contributed by atoms with van der Waals surface area (Å²) in [4.78, 5) is 20.6. The van der Waals surface area contributed by atoms with Gasteiger partial charge in [0, 0.05) is 30.4 Å². The molecule has 4 rings (SSSR count). The first kappa shape index (κ1) is 14.6. The van der Waals surface area contributed by atoms with Gasteiger partial charge in [-0.05, 0) is 25.0 Å². The van der Waals surface area contributed by atoms with Crippen molar-refractivity contribution in [2.45, 2.75) is 32.4 Å². The van der Waals surface area contributed by atoms with Gasteiger partial charge in [0.1, 0.15) is 25.0 Å². The van der Waals surface area contributed by atoms with Gasteiger partial charge in [-0.15, -0.1) is 0 Å². The summed E-state index contributed by atoms with van der Waals surface area (Å²) in [5.74, 6) is 1.01. The molecule has 0 bridgehead atoms. The Morgan fingerprint density at radius 2 is 2.25 bits per heavy atom. The van der Waals surface area contributed by atoms with Crippen LogP contribution in [0.1, 0.15) is 18.7 Å². The highest BCUT2D eigenvalue weighted by atomic mass is 16.2. The van der Waals surface area contributed by atoms with Gasteiger partial charge in [-0.2, -0.15) is 5.10 Å². The molecule has 0 atom stereocenters. The van der Waals surface area contributed by atoms with Crippen LogP contribution >= 0.6 is 0 Å². The molecule has 0 saturated heterocycles. The zero-order valence-corrected chi connectivity index (χ0v) is 13.2. The highest BCUT2D eigenvalue weighted by Crippen LogP contribution is 2.24. The van der Waals surface area contributed by atoms with Crippen molar-refractivity contribution in [2.24, 2.45) is 0 Å². The molecule has 0 spiro atoms. The molecule has 0 fully saturated rings. The Morgan fingerprint density at radius 3 is 3.08 bits per heavy atom. The van der Waals surface area contributed by atoms with E-state index in [-0.39, 0.29) is 12.5 Å². The second-order valence-electron chi connectivity index (χ2n) is 5.91. The monoisotopic (exact) mass is 322 g/mol. The lowest BCUT2D eigenvalue weighted by molar-refractivity contribution is -0.116. The topological polar surface area (TPSA) is 77.6 Å². The van der Waals surface area contributed by atoms with E-state index in [9.17, 15) is 4.79 Å². The number of hydrogen-bond acceptors (Lipinski definition) is 4. The number of carbonyl (C=O) groups is 1. The first-order chi connectivity index (χ1) is 11.8. The number of aromatic nitrogens is 5. The second-order valence-corrected chi connectivity index (χ2v) is 5.91. The summed E-state index contributed by atoms with van der Waals surface area (Å²) in [6, 6.07) is 7.77. The van der Waals surface area contributed by atoms with Gasteiger partial charge in [0.05, 0.1) is 5.69 Å². The Labute approximate surface area is 139 Å². The summed E-state index contributed by atoms with van der Waals surface area (Å²) in [5.41, 5.74) is 2.72. The van der Waals surface area contributed by atoms with Crippen molar-refractivity contribution < 1.29 is 4.79 Å². The van der Waals surface area contributed by atoms with Gasteiger partial charge in [0.25, 0.3) is 0 Å². The molecule has 1 aliphatic heterocycles. The summed E-state index contributed by atoms with van der Waals surface area (Å²) in [7, 11) is 0. The minimum Gasteiger partial charge on any atom is -0.334 e. The van der Waals surface area contributed by atoms with Crippen LogP contribution in [0, 0.1) is 0 Å². The number of hydrogen-bond donors (Lipinski definition) is 1. The Morgan fingerprint density at radius 1 is 1.29 bits per heavy atom. The number of rotatable bonds is 4. The average Bonchev–Trinajstić information content (AvgIpc) is 3.24. The molecular formula is C17H18N6O. The van der Waals surface area contributed by atoms with Crippen molar-refractivity contribution in [3.8, 4) is 11.3 Å². The van der Waals surface area contributed by atoms with E-state index in [2.05, 4.69) is 26.2 Å². The zero-order chi connectivity index (χ0) is 16.4. The molecule has 3 aromatic rings. The number of amides is 1. The number of nitrogens with zero attached hydrogens (tertiary/aromatic N) is 5. The number of nitrogens with one attached hydrogen (secondary N) is 1. The van der Waals surface area contributed by atoms with E-state index in [0.717, 1.165) is 35.7 Å². The normalized spacial score (nSPS) is 13.5. The lowest BCUT2D eigenvalue weighted by atomic mass is 10.1. The van der Waals surface area contributed by atoms with Crippen molar-refractivity contribution >= 4 is 11.6 Å². The van der Waals surface area contributed by atoms with Gasteiger partial charge in [0.15, 0.2) is 0 Å². The van der Waals surface area contributed by atoms with Crippen LogP contribution < -0.4 is 5.32 Å². The Balaban J connectivity index is 1.51. The number of fused-ring (bicyclic) bond motifs is 1. The van der Waals surface area contributed by atoms with Crippen molar-refractivity contribution in [2.75, 3.05) is 5.32 Å². The molecular weight excluding hydrogens is 304 g/mol. The van der Waals surface area contributed by atoms with Gasteiger partial charge in [-0.1, -0.05) is 12.1 Å². The zero-order valence-electron chi connectivity index (χ0n) is 13.2. The van der Waals surface area contributed by atoms with Crippen LogP contribution in [0.15, 0.2) is 43.1 Å². The van der Waals surface area contributed by atoms with E-state index in [1.165, 1.54) is 30.2 Å². The van der Waals surface area contributed by atoms with Gasteiger partial charge >= 0.3 is 0 Å². The molecule has 0 radical (unpaired) electrons. The van der Waals surface area contributed by atoms with Crippen LogP contribution in [0.4, 0.5) is 5.69 Å². The SMILES string of the molecule is O=C(Cn1cncn1)Nc1cccc(-c2cn3c(n2)CCCC3)c1. The number of anilines is 1. The fraction of sp³-hybridized carbons (Fsp3) is 0.294. The van der Waals surface area contributed by atoms with Crippen molar-refractivity contribution in [1.82, 2.24) is 24.3 Å². The van der Waals surface area contributed by atoms with E-state index in [0.29, 0.717) is 0 Å². The van der Waals surface area contributed by atoms with Crippen LogP contribution in [-0.2, 0) is 24.3 Å². The summed E-state index contributed by atoms with van der Waals surface area (Å²) in [6.07, 6.45) is 8.48. The molecule has 1 amide bonds. The summed E-state index contributed by atoms with van der Waals surface area (Å²) in [6.45, 7) is 1.18. The van der Waals surface area contributed by atoms with Crippen LogP contribution in [0.5, 0.6) is 0 Å². The Hall–Kier alpha value is -2.96. The van der Waals surface area contributed by atoms with E-state index < -0.39 is 0 Å². The van der Waals surface area contributed by atoms with Crippen LogP contribution in [-0.4, -0.2) is 30.2 Å². The molecule has 24 heavy (non-hydrogen) atoms. The third-order valence-corrected chi connectivity index (χ3v) is 4.12. The number of carbonyl (C=O) groups excluding carboxylic acids is 1. The molecule has 0 aliphatic carbocycles. The number of imidazole rings is 1. The fourth-order valence-corrected chi connectivity index (χ4v) is 2.97. The van der Waals surface area contributed by atoms with Gasteiger partial charge in [0.2, 0.25) is 5.91 Å². The van der Waals surface area contributed by atoms with Crippen LogP contribution in [0.2, 0.25) is 0 Å². The van der Waals surface area contributed by atoms with Gasteiger partial charge in [-0.25, -0.2) is 14.6 Å². The van der Waals surface area contributed by atoms with Crippen molar-refractivity contribution in [3.05, 3.63) is 48.9 Å². The molecule has 122 valence electrons. The first-order valence-electron chi connectivity index (χ1n) is 8.07. The summed E-state index contributed by atoms with van der Waals surface area (Å²) in [5, 5.41) is 6.82. The van der Waals surface area contributed by atoms with E-state index >= 15 is 0 Å². The predicted octanol–water partition coefficient (Wildman–Crippen LogP) is 2.12. The highest BCUT2D eigenvalue weighted by Gasteiger charge is 2.13. The molecule has 7 heteroatoms. The molecule has 3 heterocycles. The molecule has 0 saturated carbocycles. The molecule has 7 nitrogen and oxygen atoms in total. The largest absolute Gasteiger partial charge is 0.334 e. The maximum Gasteiger partial charge on any atom is 0.246 e. The Bertz CT molecular complexity index is 828. The minimum atomic E-state index is -0.137. The smallest absolute Gasteiger partial charge is 0.246 e. The Kier molecular flexibility index (Phi) is 3.82. The standard InChI is InChI=1S/C17H18N6O/c24-17(10-23-12-18-11-19-23)20-14-5-3-4-13(8-14)15-9-22-7-2-1-6-16(22)21-15/h3-5,8-9,11-12H,1-2,6-7,10H2,(H,20,24). The second kappa shape index (κ2) is 6.27. The molecule has 1 aliphatic rings. The first-order valence-corrected chi connectivity index (χ1v) is 8.07. The fourth-order valence-electron chi connectivity index (χ4n) is 2.97. The predicted molar refractivity (Wildman–Crippen MR) is 89.3 cm³/mol. The third-order valence-electron chi connectivity index (χ3n) is 4.12.